The van der Waals surface area contributed by atoms with E-state index < -0.39 is 29.5 Å². The first-order valence-corrected chi connectivity index (χ1v) is 14.0. The number of hydrogen-bond donors (Lipinski definition) is 4. The topological polar surface area (TPSA) is 125 Å². The maximum Gasteiger partial charge on any atom is 0.416 e. The molecule has 0 aliphatic carbocycles. The lowest BCUT2D eigenvalue weighted by Gasteiger charge is -2.20. The highest BCUT2D eigenvalue weighted by molar-refractivity contribution is 6.02. The van der Waals surface area contributed by atoms with E-state index in [0.29, 0.717) is 28.6 Å². The van der Waals surface area contributed by atoms with Crippen LogP contribution in [-0.2, 0) is 12.4 Å². The lowest BCUT2D eigenvalue weighted by atomic mass is 10.1. The van der Waals surface area contributed by atoms with Crippen LogP contribution in [0.5, 0.6) is 11.5 Å². The van der Waals surface area contributed by atoms with Gasteiger partial charge >= 0.3 is 18.4 Å². The number of rotatable bonds is 7. The van der Waals surface area contributed by atoms with E-state index in [-0.39, 0.29) is 23.0 Å². The number of amides is 3. The Morgan fingerprint density at radius 2 is 1.29 bits per heavy atom. The molecule has 3 aromatic carbocycles. The molecule has 5 N–H and O–H groups in total. The SMILES string of the molecule is CN(C)c1ccc(C(F)(F)F)cc1N.CNC(=O)c1cc(Oc2ccc(NC(=O)Nc3cc(C(F)(F)F)ccc3N(C)C)cc2)ccn1. The van der Waals surface area contributed by atoms with Gasteiger partial charge in [-0.2, -0.15) is 26.3 Å². The summed E-state index contributed by atoms with van der Waals surface area (Å²) in [5.41, 5.74) is 5.62. The number of carbonyl (C=O) groups excluding carboxylic acids is 2. The molecule has 0 unspecified atom stereocenters. The standard InChI is InChI=1S/C23H22F3N5O3.C9H11F3N2/c1-27-21(32)19-13-17(10-11-28-19)34-16-7-5-15(6-8-16)29-22(33)30-18-12-14(23(24,25)26)4-9-20(18)31(2)3;1-14(2)8-4-3-6(5-7(8)13)9(10,11)12/h4-13H,1-3H3,(H,27,32)(H2,29,30,33);3-5H,13H2,1-2H3. The van der Waals surface area contributed by atoms with E-state index in [9.17, 15) is 35.9 Å². The number of urea groups is 1. The van der Waals surface area contributed by atoms with Gasteiger partial charge < -0.3 is 36.2 Å². The van der Waals surface area contributed by atoms with Crippen molar-refractivity contribution in [1.29, 1.82) is 0 Å². The molecule has 1 aromatic heterocycles. The first-order valence-electron chi connectivity index (χ1n) is 14.0. The molecule has 4 aromatic rings. The van der Waals surface area contributed by atoms with E-state index in [2.05, 4.69) is 20.9 Å². The van der Waals surface area contributed by atoms with Crippen molar-refractivity contribution in [2.75, 3.05) is 61.4 Å². The number of ether oxygens (including phenoxy) is 1. The van der Waals surface area contributed by atoms with Crippen LogP contribution in [0.25, 0.3) is 0 Å². The molecule has 0 spiro atoms. The van der Waals surface area contributed by atoms with Crippen molar-refractivity contribution in [3.8, 4) is 11.5 Å². The number of nitrogen functional groups attached to an aromatic ring is 1. The first-order chi connectivity index (χ1) is 22.4. The van der Waals surface area contributed by atoms with E-state index in [4.69, 9.17) is 10.5 Å². The molecule has 0 saturated heterocycles. The van der Waals surface area contributed by atoms with Gasteiger partial charge in [0, 0.05) is 53.2 Å². The zero-order valence-electron chi connectivity index (χ0n) is 26.4. The van der Waals surface area contributed by atoms with Gasteiger partial charge in [-0.25, -0.2) is 4.79 Å². The molecule has 0 radical (unpaired) electrons. The van der Waals surface area contributed by atoms with Crippen molar-refractivity contribution >= 4 is 40.4 Å². The Morgan fingerprint density at radius 1 is 0.729 bits per heavy atom. The van der Waals surface area contributed by atoms with Gasteiger partial charge in [-0.15, -0.1) is 0 Å². The minimum absolute atomic E-state index is 0.0156. The highest BCUT2D eigenvalue weighted by Crippen LogP contribution is 2.35. The van der Waals surface area contributed by atoms with Crippen molar-refractivity contribution in [1.82, 2.24) is 10.3 Å². The number of anilines is 5. The zero-order valence-corrected chi connectivity index (χ0v) is 26.4. The van der Waals surface area contributed by atoms with Crippen molar-refractivity contribution in [2.24, 2.45) is 0 Å². The van der Waals surface area contributed by atoms with Gasteiger partial charge in [-0.3, -0.25) is 9.78 Å². The number of halogens is 6. The molecule has 0 aliphatic heterocycles. The van der Waals surface area contributed by atoms with Crippen LogP contribution < -0.4 is 36.2 Å². The van der Waals surface area contributed by atoms with E-state index in [1.54, 1.807) is 68.3 Å². The number of hydrogen-bond acceptors (Lipinski definition) is 7. The highest BCUT2D eigenvalue weighted by Gasteiger charge is 2.32. The highest BCUT2D eigenvalue weighted by atomic mass is 19.4. The molecule has 0 saturated carbocycles. The van der Waals surface area contributed by atoms with Crippen LogP contribution in [-0.4, -0.2) is 52.2 Å². The summed E-state index contributed by atoms with van der Waals surface area (Å²) < 4.78 is 81.6. The third-order valence-electron chi connectivity index (χ3n) is 6.43. The average molecular weight is 678 g/mol. The Hall–Kier alpha value is -5.67. The Bertz CT molecular complexity index is 1730. The van der Waals surface area contributed by atoms with Crippen molar-refractivity contribution in [3.63, 3.8) is 0 Å². The van der Waals surface area contributed by atoms with Gasteiger partial charge in [0.25, 0.3) is 5.91 Å². The summed E-state index contributed by atoms with van der Waals surface area (Å²) in [6.07, 6.45) is -7.43. The number of aromatic nitrogens is 1. The van der Waals surface area contributed by atoms with Crippen molar-refractivity contribution in [3.05, 3.63) is 95.8 Å². The first kappa shape index (κ1) is 36.8. The molecule has 0 fully saturated rings. The van der Waals surface area contributed by atoms with Crippen LogP contribution in [0.3, 0.4) is 0 Å². The molecular weight excluding hydrogens is 644 g/mol. The number of alkyl halides is 6. The molecular formula is C32H33F6N7O3. The van der Waals surface area contributed by atoms with Crippen LogP contribution in [0.4, 0.5) is 59.6 Å². The third kappa shape index (κ3) is 10.2. The molecule has 0 atom stereocenters. The van der Waals surface area contributed by atoms with E-state index >= 15 is 0 Å². The van der Waals surface area contributed by atoms with Gasteiger partial charge in [-0.05, 0) is 66.7 Å². The van der Waals surface area contributed by atoms with Crippen LogP contribution in [0.15, 0.2) is 79.0 Å². The molecule has 256 valence electrons. The van der Waals surface area contributed by atoms with Crippen molar-refractivity contribution < 1.29 is 40.7 Å². The van der Waals surface area contributed by atoms with E-state index in [0.717, 1.165) is 24.3 Å². The zero-order chi connectivity index (χ0) is 35.8. The second-order valence-electron chi connectivity index (χ2n) is 10.5. The summed E-state index contributed by atoms with van der Waals surface area (Å²) in [4.78, 5) is 31.3. The molecule has 48 heavy (non-hydrogen) atoms. The fourth-order valence-electron chi connectivity index (χ4n) is 4.09. The summed E-state index contributed by atoms with van der Waals surface area (Å²) >= 11 is 0. The minimum atomic E-state index is -4.54. The lowest BCUT2D eigenvalue weighted by Crippen LogP contribution is -2.22. The lowest BCUT2D eigenvalue weighted by molar-refractivity contribution is -0.138. The quantitative estimate of drug-likeness (QED) is 0.119. The van der Waals surface area contributed by atoms with Gasteiger partial charge in [0.05, 0.1) is 33.9 Å². The van der Waals surface area contributed by atoms with Gasteiger partial charge in [0.1, 0.15) is 17.2 Å². The summed E-state index contributed by atoms with van der Waals surface area (Å²) in [5, 5.41) is 7.50. The maximum atomic E-state index is 13.1. The predicted octanol–water partition coefficient (Wildman–Crippen LogP) is 7.32. The number of benzene rings is 3. The van der Waals surface area contributed by atoms with Crippen LogP contribution in [0.2, 0.25) is 0 Å². The largest absolute Gasteiger partial charge is 0.457 e. The van der Waals surface area contributed by atoms with Crippen molar-refractivity contribution in [2.45, 2.75) is 12.4 Å². The molecule has 3 amide bonds. The average Bonchev–Trinajstić information content (AvgIpc) is 3.00. The normalized spacial score (nSPS) is 11.1. The van der Waals surface area contributed by atoms with Crippen LogP contribution >= 0.6 is 0 Å². The summed E-state index contributed by atoms with van der Waals surface area (Å²) in [5.74, 6) is 0.481. The molecule has 0 aliphatic rings. The second kappa shape index (κ2) is 15.3. The Kier molecular flexibility index (Phi) is 11.7. The number of nitrogens with zero attached hydrogens (tertiary/aromatic N) is 3. The number of nitrogens with one attached hydrogen (secondary N) is 3. The van der Waals surface area contributed by atoms with E-state index in [1.807, 2.05) is 0 Å². The Balaban J connectivity index is 0.000000373. The number of pyridine rings is 1. The molecule has 10 nitrogen and oxygen atoms in total. The molecule has 1 heterocycles. The smallest absolute Gasteiger partial charge is 0.416 e. The summed E-state index contributed by atoms with van der Waals surface area (Å²) in [6, 6.07) is 15.1. The Labute approximate surface area is 272 Å². The Morgan fingerprint density at radius 3 is 1.81 bits per heavy atom. The third-order valence-corrected chi connectivity index (χ3v) is 6.43. The predicted molar refractivity (Wildman–Crippen MR) is 173 cm³/mol. The molecule has 16 heteroatoms. The molecule has 0 bridgehead atoms. The summed E-state index contributed by atoms with van der Waals surface area (Å²) in [7, 11) is 8.25. The molecule has 4 rings (SSSR count). The van der Waals surface area contributed by atoms with Gasteiger partial charge in [0.2, 0.25) is 0 Å². The van der Waals surface area contributed by atoms with Crippen LogP contribution in [0, 0.1) is 0 Å². The fraction of sp³-hybridized carbons (Fsp3) is 0.219. The van der Waals surface area contributed by atoms with Gasteiger partial charge in [-0.1, -0.05) is 0 Å². The summed E-state index contributed by atoms with van der Waals surface area (Å²) in [6.45, 7) is 0. The van der Waals surface area contributed by atoms with Crippen LogP contribution in [0.1, 0.15) is 21.6 Å². The van der Waals surface area contributed by atoms with E-state index in [1.165, 1.54) is 31.4 Å². The monoisotopic (exact) mass is 677 g/mol. The second-order valence-corrected chi connectivity index (χ2v) is 10.5. The van der Waals surface area contributed by atoms with Gasteiger partial charge in [0.15, 0.2) is 0 Å². The minimum Gasteiger partial charge on any atom is -0.457 e. The number of carbonyl (C=O) groups is 2. The fourth-order valence-corrected chi connectivity index (χ4v) is 4.09. The number of nitrogens with two attached hydrogens (primary N) is 1. The maximum absolute atomic E-state index is 13.1.